The van der Waals surface area contributed by atoms with Crippen molar-refractivity contribution in [1.29, 1.82) is 0 Å². The zero-order valence-corrected chi connectivity index (χ0v) is 9.68. The van der Waals surface area contributed by atoms with Crippen LogP contribution in [0.15, 0.2) is 11.6 Å². The van der Waals surface area contributed by atoms with Crippen LogP contribution < -0.4 is 0 Å². The molecule has 3 heteroatoms. The summed E-state index contributed by atoms with van der Waals surface area (Å²) in [5, 5.41) is 0. The SMILES string of the molecule is CN(C/C=C/Cl)CC1CC(Br)C1. The predicted molar refractivity (Wildman–Crippen MR) is 57.9 cm³/mol. The summed E-state index contributed by atoms with van der Waals surface area (Å²) in [7, 11) is 2.14. The molecule has 0 amide bonds. The van der Waals surface area contributed by atoms with Gasteiger partial charge in [0.05, 0.1) is 0 Å². The Morgan fingerprint density at radius 1 is 1.58 bits per heavy atom. The Kier molecular flexibility index (Phi) is 4.62. The summed E-state index contributed by atoms with van der Waals surface area (Å²) < 4.78 is 0. The molecule has 1 rings (SSSR count). The van der Waals surface area contributed by atoms with Crippen LogP contribution in [0.5, 0.6) is 0 Å². The lowest BCUT2D eigenvalue weighted by atomic mass is 9.85. The number of alkyl halides is 1. The minimum absolute atomic E-state index is 0.777. The van der Waals surface area contributed by atoms with Gasteiger partial charge in [-0.3, -0.25) is 0 Å². The highest BCUT2D eigenvalue weighted by Crippen LogP contribution is 2.33. The van der Waals surface area contributed by atoms with Gasteiger partial charge in [0.2, 0.25) is 0 Å². The molecule has 0 bridgehead atoms. The second-order valence-corrected chi connectivity index (χ2v) is 5.06. The number of hydrogen-bond acceptors (Lipinski definition) is 1. The number of hydrogen-bond donors (Lipinski definition) is 0. The van der Waals surface area contributed by atoms with E-state index in [1.54, 1.807) is 5.54 Å². The van der Waals surface area contributed by atoms with E-state index >= 15 is 0 Å². The molecule has 0 aliphatic heterocycles. The van der Waals surface area contributed by atoms with Gasteiger partial charge in [0.15, 0.2) is 0 Å². The molecule has 0 aromatic carbocycles. The van der Waals surface area contributed by atoms with Crippen LogP contribution >= 0.6 is 27.5 Å². The Labute approximate surface area is 87.9 Å². The molecular weight excluding hydrogens is 237 g/mol. The van der Waals surface area contributed by atoms with Gasteiger partial charge in [-0.2, -0.15) is 0 Å². The average molecular weight is 253 g/mol. The predicted octanol–water partition coefficient (Wildman–Crippen LogP) is 2.84. The summed E-state index contributed by atoms with van der Waals surface area (Å²) in [5.41, 5.74) is 1.59. The maximum atomic E-state index is 5.44. The van der Waals surface area contributed by atoms with E-state index in [-0.39, 0.29) is 0 Å². The maximum absolute atomic E-state index is 5.44. The van der Waals surface area contributed by atoms with Gasteiger partial charge >= 0.3 is 0 Å². The van der Waals surface area contributed by atoms with Crippen molar-refractivity contribution in [3.8, 4) is 0 Å². The fourth-order valence-corrected chi connectivity index (χ4v) is 2.68. The molecule has 1 fully saturated rings. The Morgan fingerprint density at radius 2 is 2.25 bits per heavy atom. The zero-order valence-electron chi connectivity index (χ0n) is 7.34. The molecule has 1 aliphatic rings. The summed E-state index contributed by atoms with van der Waals surface area (Å²) >= 11 is 9.03. The van der Waals surface area contributed by atoms with Crippen molar-refractivity contribution in [2.45, 2.75) is 17.7 Å². The highest BCUT2D eigenvalue weighted by molar-refractivity contribution is 9.09. The third kappa shape index (κ3) is 3.46. The normalized spacial score (nSPS) is 29.7. The van der Waals surface area contributed by atoms with Crippen molar-refractivity contribution in [2.24, 2.45) is 5.92 Å². The van der Waals surface area contributed by atoms with Gasteiger partial charge < -0.3 is 4.90 Å². The van der Waals surface area contributed by atoms with Gasteiger partial charge in [-0.05, 0) is 25.8 Å². The van der Waals surface area contributed by atoms with Crippen molar-refractivity contribution in [3.63, 3.8) is 0 Å². The van der Waals surface area contributed by atoms with Crippen LogP contribution in [-0.2, 0) is 0 Å². The molecule has 0 saturated heterocycles. The highest BCUT2D eigenvalue weighted by atomic mass is 79.9. The first-order chi connectivity index (χ1) is 5.72. The van der Waals surface area contributed by atoms with Crippen LogP contribution in [0.3, 0.4) is 0 Å². The molecule has 0 heterocycles. The molecule has 0 N–H and O–H groups in total. The Hall–Kier alpha value is 0.470. The summed E-state index contributed by atoms with van der Waals surface area (Å²) in [6, 6.07) is 0. The van der Waals surface area contributed by atoms with E-state index in [1.807, 2.05) is 6.08 Å². The molecule has 12 heavy (non-hydrogen) atoms. The molecule has 0 atom stereocenters. The van der Waals surface area contributed by atoms with E-state index in [2.05, 4.69) is 27.9 Å². The van der Waals surface area contributed by atoms with Gasteiger partial charge in [-0.1, -0.05) is 33.6 Å². The lowest BCUT2D eigenvalue weighted by Gasteiger charge is -2.34. The van der Waals surface area contributed by atoms with E-state index < -0.39 is 0 Å². The molecule has 70 valence electrons. The summed E-state index contributed by atoms with van der Waals surface area (Å²) in [6.07, 6.45) is 4.63. The van der Waals surface area contributed by atoms with Crippen molar-refractivity contribution >= 4 is 27.5 Å². The van der Waals surface area contributed by atoms with Gasteiger partial charge in [-0.15, -0.1) is 0 Å². The number of likely N-dealkylation sites (N-methyl/N-ethyl adjacent to an activating group) is 1. The van der Waals surface area contributed by atoms with Crippen LogP contribution in [-0.4, -0.2) is 29.9 Å². The van der Waals surface area contributed by atoms with Crippen LogP contribution in [0.4, 0.5) is 0 Å². The fraction of sp³-hybridized carbons (Fsp3) is 0.778. The first kappa shape index (κ1) is 10.6. The smallest absolute Gasteiger partial charge is 0.0171 e. The Bertz CT molecular complexity index is 155. The molecule has 0 aromatic heterocycles. The van der Waals surface area contributed by atoms with E-state index in [0.717, 1.165) is 17.3 Å². The number of halogens is 2. The molecule has 1 saturated carbocycles. The van der Waals surface area contributed by atoms with Crippen LogP contribution in [0.2, 0.25) is 0 Å². The van der Waals surface area contributed by atoms with Gasteiger partial charge in [0.25, 0.3) is 0 Å². The average Bonchev–Trinajstić information content (AvgIpc) is 1.98. The van der Waals surface area contributed by atoms with Crippen molar-refractivity contribution in [2.75, 3.05) is 20.1 Å². The van der Waals surface area contributed by atoms with Crippen LogP contribution in [0, 0.1) is 5.92 Å². The van der Waals surface area contributed by atoms with E-state index in [4.69, 9.17) is 11.6 Å². The largest absolute Gasteiger partial charge is 0.302 e. The first-order valence-corrected chi connectivity index (χ1v) is 5.65. The van der Waals surface area contributed by atoms with E-state index in [0.29, 0.717) is 0 Å². The highest BCUT2D eigenvalue weighted by Gasteiger charge is 2.27. The lowest BCUT2D eigenvalue weighted by molar-refractivity contribution is 0.227. The summed E-state index contributed by atoms with van der Waals surface area (Å²) in [4.78, 5) is 3.09. The topological polar surface area (TPSA) is 3.24 Å². The molecule has 0 unspecified atom stereocenters. The minimum atomic E-state index is 0.777. The minimum Gasteiger partial charge on any atom is -0.302 e. The number of nitrogens with zero attached hydrogens (tertiary/aromatic N) is 1. The van der Waals surface area contributed by atoms with Crippen LogP contribution in [0.25, 0.3) is 0 Å². The van der Waals surface area contributed by atoms with E-state index in [1.165, 1.54) is 19.4 Å². The molecule has 1 aliphatic carbocycles. The second kappa shape index (κ2) is 5.25. The van der Waals surface area contributed by atoms with Gasteiger partial charge in [-0.25, -0.2) is 0 Å². The quantitative estimate of drug-likeness (QED) is 0.696. The fourth-order valence-electron chi connectivity index (χ4n) is 1.54. The molecular formula is C9H15BrClN. The third-order valence-corrected chi connectivity index (χ3v) is 3.18. The van der Waals surface area contributed by atoms with Crippen molar-refractivity contribution in [3.05, 3.63) is 11.6 Å². The number of rotatable bonds is 4. The maximum Gasteiger partial charge on any atom is 0.0171 e. The monoisotopic (exact) mass is 251 g/mol. The molecule has 0 radical (unpaired) electrons. The Balaban J connectivity index is 2.06. The third-order valence-electron chi connectivity index (χ3n) is 2.25. The first-order valence-electron chi connectivity index (χ1n) is 4.30. The van der Waals surface area contributed by atoms with Crippen LogP contribution in [0.1, 0.15) is 12.8 Å². The van der Waals surface area contributed by atoms with E-state index in [9.17, 15) is 0 Å². The summed E-state index contributed by atoms with van der Waals surface area (Å²) in [5.74, 6) is 0.892. The molecule has 1 nitrogen and oxygen atoms in total. The standard InChI is InChI=1S/C9H15BrClN/c1-12(4-2-3-11)7-8-5-9(10)6-8/h2-3,8-9H,4-7H2,1H3/b3-2+. The van der Waals surface area contributed by atoms with Gasteiger partial charge in [0, 0.05) is 23.5 Å². The van der Waals surface area contributed by atoms with Gasteiger partial charge in [0.1, 0.15) is 0 Å². The molecule has 0 aromatic rings. The van der Waals surface area contributed by atoms with Crippen molar-refractivity contribution in [1.82, 2.24) is 4.90 Å². The van der Waals surface area contributed by atoms with Crippen molar-refractivity contribution < 1.29 is 0 Å². The zero-order chi connectivity index (χ0) is 8.97. The Morgan fingerprint density at radius 3 is 2.75 bits per heavy atom. The second-order valence-electron chi connectivity index (χ2n) is 3.52. The lowest BCUT2D eigenvalue weighted by Crippen LogP contribution is -2.34. The molecule has 0 spiro atoms. The summed E-state index contributed by atoms with van der Waals surface area (Å²) in [6.45, 7) is 2.16.